The van der Waals surface area contributed by atoms with E-state index < -0.39 is 35.5 Å². The van der Waals surface area contributed by atoms with Gasteiger partial charge >= 0.3 is 11.9 Å². The number of carbonyl (C=O) groups excluding carboxylic acids is 2. The van der Waals surface area contributed by atoms with Crippen molar-refractivity contribution in [1.82, 2.24) is 0 Å². The number of ether oxygens (including phenoxy) is 2. The van der Waals surface area contributed by atoms with Gasteiger partial charge < -0.3 is 14.6 Å². The molecule has 3 aliphatic heterocycles. The number of cyclic esters (lactones) is 2. The molecule has 0 spiro atoms. The molecule has 0 aromatic heterocycles. The quantitative estimate of drug-likeness (QED) is 0.331. The minimum atomic E-state index is -1.02. The van der Waals surface area contributed by atoms with Crippen molar-refractivity contribution in [3.8, 4) is 0 Å². The Balaban J connectivity index is 2.10. The van der Waals surface area contributed by atoms with Crippen LogP contribution in [0.15, 0.2) is 12.2 Å². The standard InChI is InChI=1S/C9H8O5/c10-3-9-2-1-4(14-9)5-6(9)8(12)13-7(5)11/h1-2,4-6,10H,3H2/t4-,5?,6?,9-/m1/s1. The van der Waals surface area contributed by atoms with Gasteiger partial charge in [0.2, 0.25) is 0 Å². The lowest BCUT2D eigenvalue weighted by molar-refractivity contribution is -0.159. The zero-order chi connectivity index (χ0) is 9.92. The van der Waals surface area contributed by atoms with Gasteiger partial charge in [0.05, 0.1) is 12.7 Å². The molecule has 3 heterocycles. The van der Waals surface area contributed by atoms with Gasteiger partial charge in [0, 0.05) is 0 Å². The number of hydrogen-bond donors (Lipinski definition) is 1. The van der Waals surface area contributed by atoms with Crippen molar-refractivity contribution in [2.45, 2.75) is 11.7 Å². The van der Waals surface area contributed by atoms with Gasteiger partial charge in [0.15, 0.2) is 0 Å². The second kappa shape index (κ2) is 2.24. The van der Waals surface area contributed by atoms with Crippen LogP contribution in [0.1, 0.15) is 0 Å². The molecule has 4 atom stereocenters. The van der Waals surface area contributed by atoms with Crippen molar-refractivity contribution in [3.63, 3.8) is 0 Å². The molecule has 3 rings (SSSR count). The lowest BCUT2D eigenvalue weighted by Crippen LogP contribution is -2.41. The number of esters is 2. The van der Waals surface area contributed by atoms with Gasteiger partial charge in [0.25, 0.3) is 0 Å². The summed E-state index contributed by atoms with van der Waals surface area (Å²) in [6, 6.07) is 0. The number of fused-ring (bicyclic) bond motifs is 5. The summed E-state index contributed by atoms with van der Waals surface area (Å²) in [7, 11) is 0. The second-order valence-electron chi connectivity index (χ2n) is 3.80. The van der Waals surface area contributed by atoms with Gasteiger partial charge in [-0.15, -0.1) is 0 Å². The summed E-state index contributed by atoms with van der Waals surface area (Å²) in [6.07, 6.45) is 2.95. The monoisotopic (exact) mass is 196 g/mol. The highest BCUT2D eigenvalue weighted by molar-refractivity contribution is 5.99. The van der Waals surface area contributed by atoms with Gasteiger partial charge in [-0.3, -0.25) is 9.59 Å². The maximum absolute atomic E-state index is 11.4. The first-order valence-electron chi connectivity index (χ1n) is 4.41. The summed E-state index contributed by atoms with van der Waals surface area (Å²) in [5.41, 5.74) is -1.02. The molecule has 5 heteroatoms. The van der Waals surface area contributed by atoms with E-state index in [4.69, 9.17) is 4.74 Å². The topological polar surface area (TPSA) is 72.8 Å². The van der Waals surface area contributed by atoms with E-state index >= 15 is 0 Å². The number of aliphatic hydroxyl groups is 1. The third-order valence-corrected chi connectivity index (χ3v) is 3.14. The van der Waals surface area contributed by atoms with Gasteiger partial charge in [-0.25, -0.2) is 0 Å². The van der Waals surface area contributed by atoms with Crippen LogP contribution in [0.5, 0.6) is 0 Å². The van der Waals surface area contributed by atoms with Crippen LogP contribution >= 0.6 is 0 Å². The van der Waals surface area contributed by atoms with Crippen molar-refractivity contribution in [2.75, 3.05) is 6.61 Å². The maximum atomic E-state index is 11.4. The highest BCUT2D eigenvalue weighted by Gasteiger charge is 2.66. The van der Waals surface area contributed by atoms with E-state index in [1.807, 2.05) is 0 Å². The SMILES string of the molecule is O=C1OC(=O)C2C1[C@H]1C=C[C@]2(CO)O1. The fourth-order valence-corrected chi connectivity index (χ4v) is 2.49. The van der Waals surface area contributed by atoms with Crippen LogP contribution in [0.4, 0.5) is 0 Å². The molecule has 2 fully saturated rings. The minimum absolute atomic E-state index is 0.302. The smallest absolute Gasteiger partial charge is 0.320 e. The Morgan fingerprint density at radius 1 is 1.43 bits per heavy atom. The van der Waals surface area contributed by atoms with E-state index in [2.05, 4.69) is 4.74 Å². The fraction of sp³-hybridized carbons (Fsp3) is 0.556. The van der Waals surface area contributed by atoms with Crippen LogP contribution in [-0.2, 0) is 19.1 Å². The van der Waals surface area contributed by atoms with Gasteiger partial charge in [-0.2, -0.15) is 0 Å². The first-order valence-corrected chi connectivity index (χ1v) is 4.41. The van der Waals surface area contributed by atoms with Crippen LogP contribution in [-0.4, -0.2) is 35.4 Å². The maximum Gasteiger partial charge on any atom is 0.320 e. The Morgan fingerprint density at radius 2 is 2.21 bits per heavy atom. The molecule has 0 amide bonds. The average Bonchev–Trinajstić information content (AvgIpc) is 2.78. The van der Waals surface area contributed by atoms with Crippen molar-refractivity contribution in [2.24, 2.45) is 11.8 Å². The van der Waals surface area contributed by atoms with Crippen molar-refractivity contribution in [1.29, 1.82) is 0 Å². The van der Waals surface area contributed by atoms with Crippen LogP contribution in [0.25, 0.3) is 0 Å². The Morgan fingerprint density at radius 3 is 2.93 bits per heavy atom. The van der Waals surface area contributed by atoms with E-state index in [1.165, 1.54) is 0 Å². The molecule has 3 aliphatic rings. The average molecular weight is 196 g/mol. The Kier molecular flexibility index (Phi) is 1.30. The molecule has 5 nitrogen and oxygen atoms in total. The third-order valence-electron chi connectivity index (χ3n) is 3.14. The number of aliphatic hydroxyl groups excluding tert-OH is 1. The number of hydrogen-bond acceptors (Lipinski definition) is 5. The minimum Gasteiger partial charge on any atom is -0.393 e. The molecule has 74 valence electrons. The summed E-state index contributed by atoms with van der Waals surface area (Å²) in [5, 5.41) is 9.20. The summed E-state index contributed by atoms with van der Waals surface area (Å²) in [6.45, 7) is -0.302. The summed E-state index contributed by atoms with van der Waals surface area (Å²) in [4.78, 5) is 22.6. The summed E-state index contributed by atoms with van der Waals surface area (Å²) < 4.78 is 9.96. The molecule has 0 aromatic rings. The lowest BCUT2D eigenvalue weighted by atomic mass is 9.77. The van der Waals surface area contributed by atoms with Gasteiger partial charge in [0.1, 0.15) is 17.4 Å². The molecule has 0 aliphatic carbocycles. The zero-order valence-electron chi connectivity index (χ0n) is 7.17. The first kappa shape index (κ1) is 8.14. The van der Waals surface area contributed by atoms with E-state index in [0.717, 1.165) is 0 Å². The normalized spacial score (nSPS) is 48.5. The van der Waals surface area contributed by atoms with E-state index in [9.17, 15) is 14.7 Å². The highest BCUT2D eigenvalue weighted by atomic mass is 16.6. The summed E-state index contributed by atoms with van der Waals surface area (Å²) >= 11 is 0. The van der Waals surface area contributed by atoms with E-state index in [0.29, 0.717) is 0 Å². The summed E-state index contributed by atoms with van der Waals surface area (Å²) in [5.74, 6) is -2.33. The van der Waals surface area contributed by atoms with Crippen LogP contribution in [0.2, 0.25) is 0 Å². The molecule has 2 unspecified atom stereocenters. The lowest BCUT2D eigenvalue weighted by Gasteiger charge is -2.23. The molecule has 0 saturated carbocycles. The third kappa shape index (κ3) is 0.689. The van der Waals surface area contributed by atoms with Gasteiger partial charge in [-0.1, -0.05) is 12.2 Å². The molecule has 2 saturated heterocycles. The molecule has 0 radical (unpaired) electrons. The van der Waals surface area contributed by atoms with Crippen LogP contribution in [0.3, 0.4) is 0 Å². The molecular formula is C9H8O5. The number of carbonyl (C=O) groups is 2. The first-order chi connectivity index (χ1) is 6.68. The molecule has 2 bridgehead atoms. The fourth-order valence-electron chi connectivity index (χ4n) is 2.49. The van der Waals surface area contributed by atoms with Crippen LogP contribution in [0, 0.1) is 11.8 Å². The zero-order valence-corrected chi connectivity index (χ0v) is 7.17. The highest BCUT2D eigenvalue weighted by Crippen LogP contribution is 2.50. The van der Waals surface area contributed by atoms with Crippen molar-refractivity contribution < 1.29 is 24.2 Å². The largest absolute Gasteiger partial charge is 0.393 e. The van der Waals surface area contributed by atoms with Crippen LogP contribution < -0.4 is 0 Å². The predicted octanol–water partition coefficient (Wildman–Crippen LogP) is -0.998. The molecule has 0 aromatic carbocycles. The van der Waals surface area contributed by atoms with Crippen molar-refractivity contribution in [3.05, 3.63) is 12.2 Å². The van der Waals surface area contributed by atoms with E-state index in [-0.39, 0.29) is 6.61 Å². The van der Waals surface area contributed by atoms with Crippen molar-refractivity contribution >= 4 is 11.9 Å². The Hall–Kier alpha value is -1.20. The Labute approximate surface area is 79.3 Å². The number of rotatable bonds is 1. The second-order valence-corrected chi connectivity index (χ2v) is 3.80. The predicted molar refractivity (Wildman–Crippen MR) is 41.9 cm³/mol. The molecule has 14 heavy (non-hydrogen) atoms. The van der Waals surface area contributed by atoms with E-state index in [1.54, 1.807) is 12.2 Å². The van der Waals surface area contributed by atoms with Gasteiger partial charge in [-0.05, 0) is 0 Å². The molecule has 1 N–H and O–H groups in total. The molecular weight excluding hydrogens is 188 g/mol. The Bertz CT molecular complexity index is 360.